The minimum Gasteiger partial charge on any atom is -0.343 e. The molecular weight excluding hydrogens is 190 g/mol. The zero-order valence-electron chi connectivity index (χ0n) is 7.79. The quantitative estimate of drug-likeness (QED) is 0.554. The molecule has 3 aromatic carbocycles. The van der Waals surface area contributed by atoms with Gasteiger partial charge in [-0.15, -0.1) is 0 Å². The lowest BCUT2D eigenvalue weighted by molar-refractivity contribution is 0.416. The van der Waals surface area contributed by atoms with Crippen molar-refractivity contribution in [2.45, 2.75) is 0 Å². The van der Waals surface area contributed by atoms with Gasteiger partial charge >= 0.3 is 0 Å². The summed E-state index contributed by atoms with van der Waals surface area (Å²) in [5, 5.41) is 14.0. The second-order valence-corrected chi connectivity index (χ2v) is 2.87. The van der Waals surface area contributed by atoms with Gasteiger partial charge in [0.2, 0.25) is 6.39 Å². The van der Waals surface area contributed by atoms with E-state index >= 15 is 0 Å². The van der Waals surface area contributed by atoms with Crippen molar-refractivity contribution in [3.05, 3.63) is 48.6 Å². The first-order valence-corrected chi connectivity index (χ1v) is 4.32. The number of hydrogen-bond donors (Lipinski definition) is 0. The summed E-state index contributed by atoms with van der Waals surface area (Å²) < 4.78 is 4.22. The number of hydrogen-bond acceptors (Lipinski definition) is 4. The molecule has 4 aromatic rings. The average Bonchev–Trinajstić information content (AvgIpc) is 2.89. The third-order valence-corrected chi connectivity index (χ3v) is 1.94. The van der Waals surface area contributed by atoms with E-state index in [1.165, 1.54) is 12.7 Å². The van der Waals surface area contributed by atoms with E-state index in [4.69, 9.17) is 5.26 Å². The number of nitriles is 1. The van der Waals surface area contributed by atoms with Gasteiger partial charge in [0.1, 0.15) is 0 Å². The lowest BCUT2D eigenvalue weighted by atomic mass is 10.1. The maximum Gasteiger partial charge on any atom is 0.213 e. The Morgan fingerprint density at radius 1 is 1.20 bits per heavy atom. The highest BCUT2D eigenvalue weighted by atomic mass is 16.5. The molecule has 0 aliphatic rings. The Balaban J connectivity index is 0.000000144. The van der Waals surface area contributed by atoms with Crippen LogP contribution in [0.4, 0.5) is 0 Å². The minimum atomic E-state index is 0.778. The van der Waals surface area contributed by atoms with Crippen molar-refractivity contribution < 1.29 is 4.52 Å². The largest absolute Gasteiger partial charge is 0.343 e. The molecule has 4 rings (SSSR count). The van der Waals surface area contributed by atoms with Crippen LogP contribution in [0.25, 0.3) is 10.8 Å². The van der Waals surface area contributed by atoms with Crippen LogP contribution in [0.2, 0.25) is 0 Å². The SMILES string of the molecule is N#Cc1cc2ccc1cc2.c1ncon1. The highest BCUT2D eigenvalue weighted by molar-refractivity contribution is 5.76. The van der Waals surface area contributed by atoms with Gasteiger partial charge in [0.05, 0.1) is 11.6 Å². The van der Waals surface area contributed by atoms with Crippen molar-refractivity contribution in [3.63, 3.8) is 0 Å². The molecule has 15 heavy (non-hydrogen) atoms. The van der Waals surface area contributed by atoms with Gasteiger partial charge in [0.25, 0.3) is 0 Å². The highest BCUT2D eigenvalue weighted by Crippen LogP contribution is 2.16. The van der Waals surface area contributed by atoms with Crippen LogP contribution in [0.1, 0.15) is 5.56 Å². The number of benzene rings is 3. The average molecular weight is 197 g/mol. The fourth-order valence-electron chi connectivity index (χ4n) is 1.24. The van der Waals surface area contributed by atoms with Gasteiger partial charge in [-0.25, -0.2) is 4.98 Å². The van der Waals surface area contributed by atoms with Gasteiger partial charge in [-0.3, -0.25) is 0 Å². The number of nitrogens with zero attached hydrogens (tertiary/aromatic N) is 3. The van der Waals surface area contributed by atoms with Crippen LogP contribution in [0.15, 0.2) is 47.6 Å². The molecule has 72 valence electrons. The van der Waals surface area contributed by atoms with Crippen LogP contribution < -0.4 is 0 Å². The minimum absolute atomic E-state index is 0.778. The summed E-state index contributed by atoms with van der Waals surface area (Å²) >= 11 is 0. The van der Waals surface area contributed by atoms with Crippen molar-refractivity contribution >= 4 is 10.8 Å². The van der Waals surface area contributed by atoms with E-state index in [9.17, 15) is 0 Å². The van der Waals surface area contributed by atoms with E-state index in [1.54, 1.807) is 0 Å². The van der Waals surface area contributed by atoms with Crippen LogP contribution in [0, 0.1) is 11.3 Å². The Kier molecular flexibility index (Phi) is 2.56. The zero-order chi connectivity index (χ0) is 10.5. The number of rotatable bonds is 0. The summed E-state index contributed by atoms with van der Waals surface area (Å²) in [7, 11) is 0. The van der Waals surface area contributed by atoms with E-state index in [0.717, 1.165) is 16.3 Å². The monoisotopic (exact) mass is 197 g/mol. The van der Waals surface area contributed by atoms with Crippen LogP contribution in [-0.4, -0.2) is 10.1 Å². The van der Waals surface area contributed by atoms with E-state index in [0.29, 0.717) is 0 Å². The van der Waals surface area contributed by atoms with E-state index in [2.05, 4.69) is 20.7 Å². The highest BCUT2D eigenvalue weighted by Gasteiger charge is 1.96. The maximum absolute atomic E-state index is 8.59. The van der Waals surface area contributed by atoms with Gasteiger partial charge in [-0.1, -0.05) is 29.4 Å². The summed E-state index contributed by atoms with van der Waals surface area (Å²) in [6, 6.07) is 12.0. The van der Waals surface area contributed by atoms with Crippen molar-refractivity contribution in [1.82, 2.24) is 10.1 Å². The van der Waals surface area contributed by atoms with E-state index < -0.39 is 0 Å². The van der Waals surface area contributed by atoms with Gasteiger partial charge in [-0.2, -0.15) is 5.26 Å². The Labute approximate surface area is 86.1 Å². The van der Waals surface area contributed by atoms with Crippen molar-refractivity contribution in [1.29, 1.82) is 5.26 Å². The summed E-state index contributed by atoms with van der Waals surface area (Å²) in [6.45, 7) is 0. The molecule has 0 saturated carbocycles. The first-order valence-electron chi connectivity index (χ1n) is 4.32. The standard InChI is InChI=1S/C9H5N.C2H2N2O/c10-6-9-5-7-1-3-8(9)4-2-7;1-3-2-5-4-1/h1-5H;1-2H. The predicted molar refractivity (Wildman–Crippen MR) is 54.1 cm³/mol. The first kappa shape index (κ1) is 9.16. The normalized spacial score (nSPS) is 9.27. The molecule has 0 spiro atoms. The number of fused-ring (bicyclic) bond motifs is 3. The Morgan fingerprint density at radius 2 is 2.00 bits per heavy atom. The zero-order valence-corrected chi connectivity index (χ0v) is 7.79. The fraction of sp³-hybridized carbons (Fsp3) is 0. The smallest absolute Gasteiger partial charge is 0.213 e. The summed E-state index contributed by atoms with van der Waals surface area (Å²) in [5.74, 6) is 0. The fourth-order valence-corrected chi connectivity index (χ4v) is 1.24. The van der Waals surface area contributed by atoms with Gasteiger partial charge < -0.3 is 4.52 Å². The molecule has 0 aliphatic carbocycles. The molecule has 4 nitrogen and oxygen atoms in total. The van der Waals surface area contributed by atoms with Crippen LogP contribution in [-0.2, 0) is 0 Å². The van der Waals surface area contributed by atoms with Crippen LogP contribution in [0.5, 0.6) is 0 Å². The number of aromatic nitrogens is 2. The molecule has 0 aliphatic heterocycles. The Hall–Kier alpha value is -2.41. The molecule has 4 heteroatoms. The molecule has 0 atom stereocenters. The third-order valence-electron chi connectivity index (χ3n) is 1.94. The second kappa shape index (κ2) is 4.20. The molecule has 0 unspecified atom stereocenters. The Bertz CT molecular complexity index is 516. The van der Waals surface area contributed by atoms with Crippen molar-refractivity contribution in [3.8, 4) is 6.07 Å². The molecular formula is C11H7N3O. The van der Waals surface area contributed by atoms with Crippen LogP contribution in [0.3, 0.4) is 0 Å². The first-order chi connectivity index (χ1) is 7.40. The predicted octanol–water partition coefficient (Wildman–Crippen LogP) is 2.22. The lowest BCUT2D eigenvalue weighted by Crippen LogP contribution is -1.78. The third kappa shape index (κ3) is 2.09. The molecule has 1 aromatic heterocycles. The molecule has 0 amide bonds. The molecule has 0 N–H and O–H groups in total. The maximum atomic E-state index is 8.59. The molecule has 0 fully saturated rings. The lowest BCUT2D eigenvalue weighted by Gasteiger charge is -1.97. The van der Waals surface area contributed by atoms with Gasteiger partial charge in [-0.05, 0) is 16.8 Å². The van der Waals surface area contributed by atoms with Crippen molar-refractivity contribution in [2.24, 2.45) is 0 Å². The Morgan fingerprint density at radius 3 is 2.27 bits per heavy atom. The van der Waals surface area contributed by atoms with Crippen LogP contribution >= 0.6 is 0 Å². The van der Waals surface area contributed by atoms with Gasteiger partial charge in [0, 0.05) is 0 Å². The van der Waals surface area contributed by atoms with Crippen molar-refractivity contribution in [2.75, 3.05) is 0 Å². The van der Waals surface area contributed by atoms with E-state index in [1.807, 2.05) is 30.3 Å². The summed E-state index contributed by atoms with van der Waals surface area (Å²) in [6.07, 6.45) is 2.60. The molecule has 1 heterocycles. The van der Waals surface area contributed by atoms with E-state index in [-0.39, 0.29) is 0 Å². The molecule has 0 saturated heterocycles. The second-order valence-electron chi connectivity index (χ2n) is 2.87. The van der Waals surface area contributed by atoms with Gasteiger partial charge in [0.15, 0.2) is 6.33 Å². The topological polar surface area (TPSA) is 62.7 Å². The molecule has 2 bridgehead atoms. The summed E-state index contributed by atoms with van der Waals surface area (Å²) in [4.78, 5) is 3.44. The molecule has 0 radical (unpaired) electrons. The summed E-state index contributed by atoms with van der Waals surface area (Å²) in [5.41, 5.74) is 0.778.